The lowest BCUT2D eigenvalue weighted by atomic mass is 10.0. The summed E-state index contributed by atoms with van der Waals surface area (Å²) in [6.07, 6.45) is 0.634. The van der Waals surface area contributed by atoms with Crippen LogP contribution in [-0.2, 0) is 0 Å². The molecule has 4 rings (SSSR count). The summed E-state index contributed by atoms with van der Waals surface area (Å²) in [6.45, 7) is 1.63. The van der Waals surface area contributed by atoms with Crippen molar-refractivity contribution >= 4 is 16.7 Å². The molecule has 0 spiro atoms. The molecule has 0 aliphatic rings. The van der Waals surface area contributed by atoms with E-state index in [4.69, 9.17) is 5.73 Å². The lowest BCUT2D eigenvalue weighted by Gasteiger charge is -2.07. The first kappa shape index (κ1) is 17.2. The van der Waals surface area contributed by atoms with Crippen LogP contribution >= 0.6 is 0 Å². The minimum absolute atomic E-state index is 0.386. The molecule has 0 aliphatic heterocycles. The highest BCUT2D eigenvalue weighted by Gasteiger charge is 2.18. The SMILES string of the molecule is Cc1cccc(-n2nc(C(O)CO)c3ccc(-c4ccnc(N)c4)cc32)c1. The number of nitrogens with two attached hydrogens (primary N) is 1. The van der Waals surface area contributed by atoms with Gasteiger partial charge in [0.1, 0.15) is 17.6 Å². The number of aliphatic hydroxyl groups is 2. The third kappa shape index (κ3) is 3.16. The molecule has 0 amide bonds. The first-order valence-corrected chi connectivity index (χ1v) is 8.67. The molecular weight excluding hydrogens is 340 g/mol. The molecule has 0 bridgehead atoms. The number of aryl methyl sites for hydroxylation is 1. The highest BCUT2D eigenvalue weighted by Crippen LogP contribution is 2.31. The van der Waals surface area contributed by atoms with Crippen molar-refractivity contribution in [3.8, 4) is 16.8 Å². The van der Waals surface area contributed by atoms with Gasteiger partial charge in [0, 0.05) is 11.6 Å². The minimum Gasteiger partial charge on any atom is -0.393 e. The Hall–Kier alpha value is -3.22. The molecule has 0 radical (unpaired) electrons. The van der Waals surface area contributed by atoms with E-state index in [1.54, 1.807) is 10.9 Å². The largest absolute Gasteiger partial charge is 0.393 e. The maximum Gasteiger partial charge on any atom is 0.123 e. The molecule has 1 unspecified atom stereocenters. The maximum atomic E-state index is 10.2. The van der Waals surface area contributed by atoms with Crippen molar-refractivity contribution in [2.24, 2.45) is 0 Å². The number of rotatable bonds is 4. The van der Waals surface area contributed by atoms with Crippen molar-refractivity contribution in [3.63, 3.8) is 0 Å². The smallest absolute Gasteiger partial charge is 0.123 e. The van der Waals surface area contributed by atoms with E-state index in [1.165, 1.54) is 0 Å². The van der Waals surface area contributed by atoms with E-state index in [9.17, 15) is 10.2 Å². The Morgan fingerprint density at radius 3 is 2.63 bits per heavy atom. The van der Waals surface area contributed by atoms with Crippen molar-refractivity contribution in [2.45, 2.75) is 13.0 Å². The van der Waals surface area contributed by atoms with Gasteiger partial charge in [0.15, 0.2) is 0 Å². The summed E-state index contributed by atoms with van der Waals surface area (Å²) in [5, 5.41) is 25.0. The molecule has 6 nitrogen and oxygen atoms in total. The summed E-state index contributed by atoms with van der Waals surface area (Å²) < 4.78 is 1.80. The van der Waals surface area contributed by atoms with Crippen LogP contribution in [0.4, 0.5) is 5.82 Å². The Bertz CT molecular complexity index is 1120. The summed E-state index contributed by atoms with van der Waals surface area (Å²) in [7, 11) is 0. The van der Waals surface area contributed by atoms with Crippen LogP contribution in [0.1, 0.15) is 17.4 Å². The second kappa shape index (κ2) is 6.83. The number of aromatic nitrogens is 3. The number of hydrogen-bond acceptors (Lipinski definition) is 5. The van der Waals surface area contributed by atoms with Gasteiger partial charge < -0.3 is 15.9 Å². The number of aliphatic hydroxyl groups excluding tert-OH is 2. The average Bonchev–Trinajstić information content (AvgIpc) is 3.06. The normalized spacial score (nSPS) is 12.4. The third-order valence-electron chi connectivity index (χ3n) is 4.56. The van der Waals surface area contributed by atoms with Crippen LogP contribution in [0.15, 0.2) is 60.8 Å². The van der Waals surface area contributed by atoms with Crippen molar-refractivity contribution in [1.29, 1.82) is 0 Å². The summed E-state index contributed by atoms with van der Waals surface area (Å²) in [5.41, 5.74) is 11.0. The fourth-order valence-corrected chi connectivity index (χ4v) is 3.24. The predicted molar refractivity (Wildman–Crippen MR) is 105 cm³/mol. The molecule has 136 valence electrons. The molecule has 2 heterocycles. The van der Waals surface area contributed by atoms with Gasteiger partial charge in [0.25, 0.3) is 0 Å². The molecule has 0 aliphatic carbocycles. The van der Waals surface area contributed by atoms with Crippen LogP contribution in [0, 0.1) is 6.92 Å². The van der Waals surface area contributed by atoms with Crippen LogP contribution in [0.25, 0.3) is 27.7 Å². The summed E-state index contributed by atoms with van der Waals surface area (Å²) in [4.78, 5) is 4.04. The average molecular weight is 360 g/mol. The molecule has 0 fully saturated rings. The van der Waals surface area contributed by atoms with Gasteiger partial charge in [-0.2, -0.15) is 5.10 Å². The Morgan fingerprint density at radius 2 is 1.89 bits per heavy atom. The van der Waals surface area contributed by atoms with E-state index in [2.05, 4.69) is 10.1 Å². The maximum absolute atomic E-state index is 10.2. The monoisotopic (exact) mass is 360 g/mol. The zero-order valence-corrected chi connectivity index (χ0v) is 14.9. The van der Waals surface area contributed by atoms with Crippen molar-refractivity contribution in [1.82, 2.24) is 14.8 Å². The van der Waals surface area contributed by atoms with Crippen LogP contribution in [0.2, 0.25) is 0 Å². The van der Waals surface area contributed by atoms with Crippen LogP contribution in [0.5, 0.6) is 0 Å². The Kier molecular flexibility index (Phi) is 4.35. The van der Waals surface area contributed by atoms with Gasteiger partial charge in [0.2, 0.25) is 0 Å². The number of fused-ring (bicyclic) bond motifs is 1. The third-order valence-corrected chi connectivity index (χ3v) is 4.56. The zero-order valence-electron chi connectivity index (χ0n) is 14.9. The number of pyridine rings is 1. The van der Waals surface area contributed by atoms with E-state index in [-0.39, 0.29) is 6.61 Å². The van der Waals surface area contributed by atoms with Gasteiger partial charge in [-0.1, -0.05) is 24.3 Å². The second-order valence-corrected chi connectivity index (χ2v) is 6.54. The minimum atomic E-state index is -1.04. The number of nitrogens with zero attached hydrogens (tertiary/aromatic N) is 3. The fraction of sp³-hybridized carbons (Fsp3) is 0.143. The lowest BCUT2D eigenvalue weighted by Crippen LogP contribution is -2.05. The van der Waals surface area contributed by atoms with Crippen LogP contribution < -0.4 is 5.73 Å². The molecular formula is C21H20N4O2. The highest BCUT2D eigenvalue weighted by molar-refractivity contribution is 5.88. The molecule has 0 saturated carbocycles. The highest BCUT2D eigenvalue weighted by atomic mass is 16.3. The van der Waals surface area contributed by atoms with E-state index in [1.807, 2.05) is 61.5 Å². The van der Waals surface area contributed by atoms with Gasteiger partial charge in [-0.05, 0) is 53.9 Å². The predicted octanol–water partition coefficient (Wildman–Crippen LogP) is 3.00. The number of hydrogen-bond donors (Lipinski definition) is 3. The van der Waals surface area contributed by atoms with E-state index in [0.717, 1.165) is 33.3 Å². The molecule has 4 N–H and O–H groups in total. The van der Waals surface area contributed by atoms with Gasteiger partial charge in [0.05, 0.1) is 17.8 Å². The molecule has 6 heteroatoms. The molecule has 27 heavy (non-hydrogen) atoms. The quantitative estimate of drug-likeness (QED) is 0.520. The fourth-order valence-electron chi connectivity index (χ4n) is 3.24. The standard InChI is InChI=1S/C21H20N4O2/c1-13-3-2-4-16(9-13)25-18-10-14(15-7-8-23-20(22)11-15)5-6-17(18)21(24-25)19(27)12-26/h2-11,19,26-27H,12H2,1H3,(H2,22,23). The summed E-state index contributed by atoms with van der Waals surface area (Å²) in [6, 6.07) is 17.6. The molecule has 4 aromatic rings. The Morgan fingerprint density at radius 1 is 1.07 bits per heavy atom. The first-order valence-electron chi connectivity index (χ1n) is 8.67. The summed E-state index contributed by atoms with van der Waals surface area (Å²) >= 11 is 0. The van der Waals surface area contributed by atoms with Crippen molar-refractivity contribution in [2.75, 3.05) is 12.3 Å². The van der Waals surface area contributed by atoms with E-state index in [0.29, 0.717) is 11.5 Å². The van der Waals surface area contributed by atoms with Crippen LogP contribution in [-0.4, -0.2) is 31.6 Å². The van der Waals surface area contributed by atoms with Crippen molar-refractivity contribution in [3.05, 3.63) is 72.1 Å². The Balaban J connectivity index is 1.96. The first-order chi connectivity index (χ1) is 13.1. The lowest BCUT2D eigenvalue weighted by molar-refractivity contribution is 0.0930. The second-order valence-electron chi connectivity index (χ2n) is 6.54. The molecule has 0 saturated heterocycles. The summed E-state index contributed by atoms with van der Waals surface area (Å²) in [5.74, 6) is 0.455. The van der Waals surface area contributed by atoms with Crippen LogP contribution in [0.3, 0.4) is 0 Å². The number of anilines is 1. The van der Waals surface area contributed by atoms with Gasteiger partial charge in [-0.15, -0.1) is 0 Å². The zero-order chi connectivity index (χ0) is 19.0. The van der Waals surface area contributed by atoms with E-state index >= 15 is 0 Å². The number of benzene rings is 2. The molecule has 1 atom stereocenters. The van der Waals surface area contributed by atoms with E-state index < -0.39 is 6.10 Å². The topological polar surface area (TPSA) is 97.2 Å². The van der Waals surface area contributed by atoms with Gasteiger partial charge in [-0.3, -0.25) is 0 Å². The van der Waals surface area contributed by atoms with Gasteiger partial charge >= 0.3 is 0 Å². The molecule has 2 aromatic carbocycles. The molecule has 2 aromatic heterocycles. The Labute approximate surface area is 156 Å². The van der Waals surface area contributed by atoms with Gasteiger partial charge in [-0.25, -0.2) is 9.67 Å². The van der Waals surface area contributed by atoms with Crippen molar-refractivity contribution < 1.29 is 10.2 Å². The number of nitrogen functional groups attached to an aromatic ring is 1.